The molecule has 2 nitrogen and oxygen atoms in total. The van der Waals surface area contributed by atoms with Gasteiger partial charge < -0.3 is 5.73 Å². The zero-order valence-corrected chi connectivity index (χ0v) is 11.9. The fourth-order valence-corrected chi connectivity index (χ4v) is 2.64. The van der Waals surface area contributed by atoms with Crippen LogP contribution >= 0.6 is 31.9 Å². The van der Waals surface area contributed by atoms with E-state index in [1.807, 2.05) is 36.4 Å². The van der Waals surface area contributed by atoms with Gasteiger partial charge in [-0.3, -0.25) is 0 Å². The molecule has 0 aliphatic heterocycles. The van der Waals surface area contributed by atoms with Crippen molar-refractivity contribution in [3.05, 3.63) is 45.3 Å². The summed E-state index contributed by atoms with van der Waals surface area (Å²) in [7, 11) is 0. The molecular weight excluding hydrogens is 344 g/mol. The van der Waals surface area contributed by atoms with Gasteiger partial charge in [0.1, 0.15) is 0 Å². The van der Waals surface area contributed by atoms with Crippen LogP contribution in [0.1, 0.15) is 0 Å². The molecule has 0 saturated carbocycles. The van der Waals surface area contributed by atoms with Gasteiger partial charge in [0.25, 0.3) is 0 Å². The van der Waals surface area contributed by atoms with E-state index >= 15 is 0 Å². The van der Waals surface area contributed by atoms with Crippen molar-refractivity contribution in [2.45, 2.75) is 0 Å². The van der Waals surface area contributed by atoms with Crippen molar-refractivity contribution in [3.8, 4) is 0 Å². The van der Waals surface area contributed by atoms with Crippen molar-refractivity contribution < 1.29 is 0 Å². The molecule has 84 valence electrons. The van der Waals surface area contributed by atoms with Crippen LogP contribution in [0.25, 0.3) is 21.8 Å². The molecule has 1 heterocycles. The molecule has 0 bridgehead atoms. The van der Waals surface area contributed by atoms with Crippen LogP contribution in [0.5, 0.6) is 0 Å². The average Bonchev–Trinajstić information content (AvgIpc) is 2.32. The van der Waals surface area contributed by atoms with Crippen LogP contribution in [0.2, 0.25) is 0 Å². The summed E-state index contributed by atoms with van der Waals surface area (Å²) in [6.07, 6.45) is 0. The van der Waals surface area contributed by atoms with Gasteiger partial charge in [-0.15, -0.1) is 0 Å². The second-order valence-electron chi connectivity index (χ2n) is 3.85. The molecule has 0 aliphatic carbocycles. The highest BCUT2D eigenvalue weighted by molar-refractivity contribution is 9.10. The van der Waals surface area contributed by atoms with E-state index in [2.05, 4.69) is 36.8 Å². The summed E-state index contributed by atoms with van der Waals surface area (Å²) in [4.78, 5) is 4.60. The third-order valence-corrected chi connectivity index (χ3v) is 3.72. The number of aromatic nitrogens is 1. The summed E-state index contributed by atoms with van der Waals surface area (Å²) in [5.41, 5.74) is 8.82. The first-order valence-corrected chi connectivity index (χ1v) is 6.68. The van der Waals surface area contributed by atoms with Crippen molar-refractivity contribution >= 4 is 59.4 Å². The van der Waals surface area contributed by atoms with Crippen LogP contribution in [0, 0.1) is 0 Å². The van der Waals surface area contributed by atoms with Crippen LogP contribution in [-0.2, 0) is 0 Å². The zero-order chi connectivity index (χ0) is 12.0. The lowest BCUT2D eigenvalue weighted by atomic mass is 10.1. The smallest absolute Gasteiger partial charge is 0.0731 e. The molecule has 0 fully saturated rings. The van der Waals surface area contributed by atoms with E-state index < -0.39 is 0 Å². The number of rotatable bonds is 0. The van der Waals surface area contributed by atoms with Gasteiger partial charge in [0.15, 0.2) is 0 Å². The minimum absolute atomic E-state index is 0.771. The quantitative estimate of drug-likeness (QED) is 0.606. The largest absolute Gasteiger partial charge is 0.398 e. The van der Waals surface area contributed by atoms with Crippen molar-refractivity contribution in [2.24, 2.45) is 0 Å². The Kier molecular flexibility index (Phi) is 2.56. The first kappa shape index (κ1) is 11.0. The average molecular weight is 352 g/mol. The molecule has 0 amide bonds. The van der Waals surface area contributed by atoms with Crippen LogP contribution in [0.15, 0.2) is 45.3 Å². The normalized spacial score (nSPS) is 11.2. The maximum atomic E-state index is 6.21. The molecule has 2 N–H and O–H groups in total. The molecule has 0 aliphatic rings. The van der Waals surface area contributed by atoms with Gasteiger partial charge in [-0.2, -0.15) is 0 Å². The molecule has 17 heavy (non-hydrogen) atoms. The third-order valence-electron chi connectivity index (χ3n) is 2.74. The Labute approximate surface area is 115 Å². The summed E-state index contributed by atoms with van der Waals surface area (Å²) in [6, 6.07) is 11.9. The molecule has 3 aromatic rings. The highest BCUT2D eigenvalue weighted by atomic mass is 79.9. The first-order chi connectivity index (χ1) is 8.15. The predicted octanol–water partition coefficient (Wildman–Crippen LogP) is 4.50. The summed E-state index contributed by atoms with van der Waals surface area (Å²) < 4.78 is 2.01. The van der Waals surface area contributed by atoms with Crippen molar-refractivity contribution in [1.29, 1.82) is 0 Å². The highest BCUT2D eigenvalue weighted by Crippen LogP contribution is 2.31. The molecule has 0 spiro atoms. The van der Waals surface area contributed by atoms with Gasteiger partial charge in [0.2, 0.25) is 0 Å². The highest BCUT2D eigenvalue weighted by Gasteiger charge is 2.07. The monoisotopic (exact) mass is 350 g/mol. The fraction of sp³-hybridized carbons (Fsp3) is 0. The van der Waals surface area contributed by atoms with Crippen molar-refractivity contribution in [1.82, 2.24) is 4.98 Å². The maximum absolute atomic E-state index is 6.21. The Bertz CT molecular complexity index is 678. The van der Waals surface area contributed by atoms with Gasteiger partial charge in [0.05, 0.1) is 16.7 Å². The van der Waals surface area contributed by atoms with E-state index in [-0.39, 0.29) is 0 Å². The minimum Gasteiger partial charge on any atom is -0.398 e. The maximum Gasteiger partial charge on any atom is 0.0731 e. The van der Waals surface area contributed by atoms with Gasteiger partial charge in [-0.25, -0.2) is 4.98 Å². The van der Waals surface area contributed by atoms with E-state index in [1.54, 1.807) is 0 Å². The summed E-state index contributed by atoms with van der Waals surface area (Å²) >= 11 is 6.90. The number of nitrogen functional groups attached to an aromatic ring is 1. The molecule has 0 saturated heterocycles. The van der Waals surface area contributed by atoms with E-state index in [9.17, 15) is 0 Å². The molecular formula is C13H8Br2N2. The summed E-state index contributed by atoms with van der Waals surface area (Å²) in [6.45, 7) is 0. The SMILES string of the molecule is Nc1c2cc(Br)ccc2nc2ccc(Br)cc12. The number of halogens is 2. The van der Waals surface area contributed by atoms with Gasteiger partial charge in [-0.1, -0.05) is 31.9 Å². The van der Waals surface area contributed by atoms with Gasteiger partial charge in [0, 0.05) is 19.7 Å². The number of hydrogen-bond acceptors (Lipinski definition) is 2. The third kappa shape index (κ3) is 1.81. The number of pyridine rings is 1. The Morgan fingerprint density at radius 1 is 0.824 bits per heavy atom. The Hall–Kier alpha value is -1.13. The molecule has 0 unspecified atom stereocenters. The Balaban J connectivity index is 2.53. The molecule has 2 aromatic carbocycles. The van der Waals surface area contributed by atoms with Crippen LogP contribution < -0.4 is 5.73 Å². The number of benzene rings is 2. The molecule has 0 atom stereocenters. The first-order valence-electron chi connectivity index (χ1n) is 5.09. The topological polar surface area (TPSA) is 38.9 Å². The summed E-state index contributed by atoms with van der Waals surface area (Å²) in [5, 5.41) is 1.95. The number of hydrogen-bond donors (Lipinski definition) is 1. The lowest BCUT2D eigenvalue weighted by Gasteiger charge is -2.07. The van der Waals surface area contributed by atoms with Crippen LogP contribution in [-0.4, -0.2) is 4.98 Å². The van der Waals surface area contributed by atoms with E-state index in [1.165, 1.54) is 0 Å². The molecule has 1 aromatic heterocycles. The summed E-state index contributed by atoms with van der Waals surface area (Å²) in [5.74, 6) is 0. The second kappa shape index (κ2) is 3.96. The lowest BCUT2D eigenvalue weighted by Crippen LogP contribution is -1.92. The Morgan fingerprint density at radius 2 is 1.29 bits per heavy atom. The lowest BCUT2D eigenvalue weighted by molar-refractivity contribution is 1.49. The number of anilines is 1. The van der Waals surface area contributed by atoms with Crippen molar-refractivity contribution in [2.75, 3.05) is 5.73 Å². The number of nitrogens with zero attached hydrogens (tertiary/aromatic N) is 1. The van der Waals surface area contributed by atoms with Crippen molar-refractivity contribution in [3.63, 3.8) is 0 Å². The Morgan fingerprint density at radius 3 is 1.76 bits per heavy atom. The van der Waals surface area contributed by atoms with E-state index in [0.29, 0.717) is 0 Å². The van der Waals surface area contributed by atoms with E-state index in [4.69, 9.17) is 5.73 Å². The fourth-order valence-electron chi connectivity index (χ4n) is 1.92. The standard InChI is InChI=1S/C13H8Br2N2/c14-7-1-3-11-9(5-7)13(16)10-6-8(15)2-4-12(10)17-11/h1-6H,(H2,16,17). The minimum atomic E-state index is 0.771. The van der Waals surface area contributed by atoms with Crippen LogP contribution in [0.4, 0.5) is 5.69 Å². The number of fused-ring (bicyclic) bond motifs is 2. The predicted molar refractivity (Wildman–Crippen MR) is 79.1 cm³/mol. The molecule has 0 radical (unpaired) electrons. The van der Waals surface area contributed by atoms with Gasteiger partial charge in [-0.05, 0) is 36.4 Å². The zero-order valence-electron chi connectivity index (χ0n) is 8.74. The molecule has 4 heteroatoms. The van der Waals surface area contributed by atoms with E-state index in [0.717, 1.165) is 36.4 Å². The molecule has 3 rings (SSSR count). The van der Waals surface area contributed by atoms with Crippen LogP contribution in [0.3, 0.4) is 0 Å². The second-order valence-corrected chi connectivity index (χ2v) is 5.68. The van der Waals surface area contributed by atoms with Gasteiger partial charge >= 0.3 is 0 Å². The number of nitrogens with two attached hydrogens (primary N) is 1.